The van der Waals surface area contributed by atoms with Crippen molar-refractivity contribution in [2.75, 3.05) is 78.5 Å². The van der Waals surface area contributed by atoms with Crippen LogP contribution in [0.2, 0.25) is 0 Å². The number of benzene rings is 1. The summed E-state index contributed by atoms with van der Waals surface area (Å²) in [5.41, 5.74) is 6.56. The zero-order valence-corrected chi connectivity index (χ0v) is 39.4. The molecule has 17 heteroatoms. The molecule has 6 aromatic rings. The molecular weight excluding hydrogens is 823 g/mol. The molecule has 3 fully saturated rings. The smallest absolute Gasteiger partial charge is 0.274 e. The third-order valence-electron chi connectivity index (χ3n) is 12.3. The fourth-order valence-electron chi connectivity index (χ4n) is 8.62. The van der Waals surface area contributed by atoms with Gasteiger partial charge < -0.3 is 33.6 Å². The Balaban J connectivity index is 0.000000191. The van der Waals surface area contributed by atoms with Gasteiger partial charge in [0.25, 0.3) is 17.7 Å². The van der Waals surface area contributed by atoms with Gasteiger partial charge in [0, 0.05) is 112 Å². The van der Waals surface area contributed by atoms with Crippen LogP contribution < -0.4 is 14.4 Å². The highest BCUT2D eigenvalue weighted by Crippen LogP contribution is 2.35. The number of piperazine rings is 1. The largest absolute Gasteiger partial charge is 0.491 e. The van der Waals surface area contributed by atoms with Crippen LogP contribution in [0.1, 0.15) is 110 Å². The van der Waals surface area contributed by atoms with Crippen molar-refractivity contribution in [1.82, 2.24) is 59.1 Å². The summed E-state index contributed by atoms with van der Waals surface area (Å²) in [6.45, 7) is 17.2. The normalized spacial score (nSPS) is 16.4. The molecule has 0 atom stereocenters. The second-order valence-electron chi connectivity index (χ2n) is 17.7. The maximum atomic E-state index is 13.0. The fourth-order valence-corrected chi connectivity index (χ4v) is 8.62. The second kappa shape index (κ2) is 20.6. The molecule has 5 aromatic heterocycles. The number of carbonyl (C=O) groups is 2. The summed E-state index contributed by atoms with van der Waals surface area (Å²) in [6, 6.07) is 8.40. The monoisotopic (exact) mass is 886 g/mol. The van der Waals surface area contributed by atoms with E-state index in [0.29, 0.717) is 55.0 Å². The highest BCUT2D eigenvalue weighted by atomic mass is 16.5. The number of ether oxygens (including phenoxy) is 2. The minimum Gasteiger partial charge on any atom is -0.491 e. The number of likely N-dealkylation sites (N-methyl/N-ethyl adjacent to an activating group) is 1. The zero-order chi connectivity index (χ0) is 46.3. The SMILES string of the molecule is CC.CN1CCN(c2ccc3c(C4CCN(C(=O)c5cnc(C(C)(C)C)nc5)CC4)ncnc3c2)CC1.COc1cc2ncnc(C3CCN(C(=O)c4cn(C)cn4)CC3)c2nc1OC. The van der Waals surface area contributed by atoms with Crippen molar-refractivity contribution in [2.45, 2.75) is 77.6 Å². The number of amides is 2. The van der Waals surface area contributed by atoms with Gasteiger partial charge in [0.2, 0.25) is 0 Å². The maximum absolute atomic E-state index is 13.0. The zero-order valence-electron chi connectivity index (χ0n) is 39.4. The number of rotatable bonds is 7. The molecule has 9 rings (SSSR count). The number of aryl methyl sites for hydroxylation is 1. The van der Waals surface area contributed by atoms with Crippen LogP contribution in [0.15, 0.2) is 61.8 Å². The molecule has 3 aliphatic rings. The Morgan fingerprint density at radius 3 is 1.86 bits per heavy atom. The Kier molecular flexibility index (Phi) is 14.8. The Morgan fingerprint density at radius 2 is 1.28 bits per heavy atom. The van der Waals surface area contributed by atoms with Crippen LogP contribution in [0.4, 0.5) is 5.69 Å². The second-order valence-corrected chi connectivity index (χ2v) is 17.7. The number of carbonyl (C=O) groups excluding carboxylic acids is 2. The third kappa shape index (κ3) is 10.6. The number of nitrogens with zero attached hydrogens (tertiary/aromatic N) is 13. The van der Waals surface area contributed by atoms with Crippen molar-refractivity contribution >= 4 is 39.4 Å². The number of likely N-dealkylation sites (tertiary alicyclic amines) is 2. The molecule has 0 spiro atoms. The summed E-state index contributed by atoms with van der Waals surface area (Å²) >= 11 is 0. The molecule has 3 saturated heterocycles. The van der Waals surface area contributed by atoms with Crippen molar-refractivity contribution in [3.05, 3.63) is 90.3 Å². The van der Waals surface area contributed by atoms with Gasteiger partial charge in [-0.25, -0.2) is 39.9 Å². The van der Waals surface area contributed by atoms with Crippen LogP contribution in [0.3, 0.4) is 0 Å². The lowest BCUT2D eigenvalue weighted by Crippen LogP contribution is -2.44. The first-order valence-corrected chi connectivity index (χ1v) is 22.7. The highest BCUT2D eigenvalue weighted by molar-refractivity contribution is 5.94. The number of pyridine rings is 1. The molecule has 2 amide bonds. The minimum atomic E-state index is -0.133. The maximum Gasteiger partial charge on any atom is 0.274 e. The van der Waals surface area contributed by atoms with E-state index in [4.69, 9.17) is 9.47 Å². The van der Waals surface area contributed by atoms with Gasteiger partial charge in [-0.05, 0) is 50.9 Å². The summed E-state index contributed by atoms with van der Waals surface area (Å²) in [5, 5.41) is 1.13. The van der Waals surface area contributed by atoms with Crippen molar-refractivity contribution in [1.29, 1.82) is 0 Å². The molecule has 3 aliphatic heterocycles. The van der Waals surface area contributed by atoms with Crippen LogP contribution in [-0.2, 0) is 12.5 Å². The standard InChI is InChI=1S/C27H35N7O.C19H22N6O3.C2H6/c1-27(2,3)26-28-16-20(17-29-26)25(35)34-9-7-19(8-10-34)24-22-6-5-21(15-23(22)30-18-31-24)33-13-11-32(4)12-14-33;1-24-9-14(22-11-24)19(26)25-6-4-12(5-7-25)16-17-13(20-10-21-16)8-15(27-2)18(23-17)28-3;1-2/h5-6,15-19H,7-14H2,1-4H3;8-12H,4-7H2,1-3H3;1-2H3. The predicted molar refractivity (Wildman–Crippen MR) is 251 cm³/mol. The molecule has 0 N–H and O–H groups in total. The van der Waals surface area contributed by atoms with Crippen LogP contribution >= 0.6 is 0 Å². The number of imidazole rings is 1. The van der Waals surface area contributed by atoms with E-state index in [1.807, 2.05) is 36.8 Å². The number of hydrogen-bond acceptors (Lipinski definition) is 14. The Morgan fingerprint density at radius 1 is 0.677 bits per heavy atom. The summed E-state index contributed by atoms with van der Waals surface area (Å²) in [4.78, 5) is 69.9. The van der Waals surface area contributed by atoms with E-state index in [-0.39, 0.29) is 23.1 Å². The van der Waals surface area contributed by atoms with Crippen molar-refractivity contribution < 1.29 is 19.1 Å². The molecule has 0 radical (unpaired) electrons. The summed E-state index contributed by atoms with van der Waals surface area (Å²) in [7, 11) is 7.16. The Labute approximate surface area is 381 Å². The Hall–Kier alpha value is -6.36. The number of anilines is 1. The van der Waals surface area contributed by atoms with E-state index in [0.717, 1.165) is 91.0 Å². The summed E-state index contributed by atoms with van der Waals surface area (Å²) < 4.78 is 12.4. The van der Waals surface area contributed by atoms with Crippen LogP contribution in [0.5, 0.6) is 11.6 Å². The number of piperidine rings is 2. The molecule has 8 heterocycles. The third-order valence-corrected chi connectivity index (χ3v) is 12.3. The molecule has 0 unspecified atom stereocenters. The first-order valence-electron chi connectivity index (χ1n) is 22.7. The summed E-state index contributed by atoms with van der Waals surface area (Å²) in [5.74, 6) is 2.19. The first-order chi connectivity index (χ1) is 31.4. The van der Waals surface area contributed by atoms with E-state index in [1.165, 1.54) is 5.69 Å². The van der Waals surface area contributed by atoms with Crippen LogP contribution in [-0.4, -0.2) is 145 Å². The molecule has 17 nitrogen and oxygen atoms in total. The van der Waals surface area contributed by atoms with Gasteiger partial charge in [0.05, 0.1) is 48.5 Å². The average Bonchev–Trinajstić information content (AvgIpc) is 3.79. The molecule has 0 bridgehead atoms. The number of aromatic nitrogens is 9. The van der Waals surface area contributed by atoms with Crippen molar-refractivity contribution in [3.8, 4) is 11.6 Å². The van der Waals surface area contributed by atoms with Crippen LogP contribution in [0.25, 0.3) is 21.9 Å². The fraction of sp³-hybridized carbons (Fsp3) is 0.500. The van der Waals surface area contributed by atoms with E-state index in [2.05, 4.69) is 95.7 Å². The van der Waals surface area contributed by atoms with Gasteiger partial charge in [-0.2, -0.15) is 0 Å². The number of methoxy groups -OCH3 is 2. The molecule has 0 saturated carbocycles. The van der Waals surface area contributed by atoms with Crippen molar-refractivity contribution in [2.24, 2.45) is 7.05 Å². The molecule has 0 aliphatic carbocycles. The van der Waals surface area contributed by atoms with Crippen molar-refractivity contribution in [3.63, 3.8) is 0 Å². The average molecular weight is 886 g/mol. The van der Waals surface area contributed by atoms with Gasteiger partial charge in [0.15, 0.2) is 5.75 Å². The van der Waals surface area contributed by atoms with E-state index < -0.39 is 0 Å². The first kappa shape index (κ1) is 46.6. The number of hydrogen-bond donors (Lipinski definition) is 0. The quantitative estimate of drug-likeness (QED) is 0.175. The lowest BCUT2D eigenvalue weighted by molar-refractivity contribution is 0.0701. The predicted octanol–water partition coefficient (Wildman–Crippen LogP) is 6.31. The van der Waals surface area contributed by atoms with E-state index in [9.17, 15) is 9.59 Å². The highest BCUT2D eigenvalue weighted by Gasteiger charge is 2.30. The molecule has 344 valence electrons. The lowest BCUT2D eigenvalue weighted by Gasteiger charge is -2.34. The Bertz CT molecular complexity index is 2550. The topological polar surface area (TPSA) is 174 Å². The number of fused-ring (bicyclic) bond motifs is 2. The lowest BCUT2D eigenvalue weighted by atomic mass is 9.90. The van der Waals surface area contributed by atoms with Gasteiger partial charge in [-0.1, -0.05) is 34.6 Å². The molecule has 1 aromatic carbocycles. The van der Waals surface area contributed by atoms with E-state index >= 15 is 0 Å². The van der Waals surface area contributed by atoms with Gasteiger partial charge in [0.1, 0.15) is 29.7 Å². The van der Waals surface area contributed by atoms with Gasteiger partial charge in [-0.15, -0.1) is 0 Å². The van der Waals surface area contributed by atoms with E-state index in [1.54, 1.807) is 56.4 Å². The molecule has 65 heavy (non-hydrogen) atoms. The van der Waals surface area contributed by atoms with Gasteiger partial charge in [-0.3, -0.25) is 9.59 Å². The van der Waals surface area contributed by atoms with Gasteiger partial charge >= 0.3 is 0 Å². The molecular formula is C48H63N13O4. The van der Waals surface area contributed by atoms with Crippen LogP contribution in [0, 0.1) is 0 Å². The minimum absolute atomic E-state index is 0.00766. The summed E-state index contributed by atoms with van der Waals surface area (Å²) in [6.07, 6.45) is 13.3.